The van der Waals surface area contributed by atoms with Gasteiger partial charge in [0, 0.05) is 40.4 Å². The van der Waals surface area contributed by atoms with Gasteiger partial charge in [-0.1, -0.05) is 12.1 Å². The molecule has 2 rings (SSSR count). The van der Waals surface area contributed by atoms with Crippen molar-refractivity contribution in [2.45, 2.75) is 25.8 Å². The number of hydrogen-bond acceptors (Lipinski definition) is 3. The number of methoxy groups -OCH3 is 1. The number of nitrogens with zero attached hydrogens (tertiary/aromatic N) is 2. The zero-order valence-corrected chi connectivity index (χ0v) is 17.3. The van der Waals surface area contributed by atoms with E-state index in [4.69, 9.17) is 9.47 Å². The Balaban J connectivity index is 0.00000288. The molecule has 1 saturated carbocycles. The third-order valence-electron chi connectivity index (χ3n) is 3.95. The number of benzene rings is 1. The topological polar surface area (TPSA) is 46.1 Å². The predicted molar refractivity (Wildman–Crippen MR) is 109 cm³/mol. The lowest BCUT2D eigenvalue weighted by Crippen LogP contribution is -2.39. The van der Waals surface area contributed by atoms with Crippen molar-refractivity contribution in [2.24, 2.45) is 10.9 Å². The quantitative estimate of drug-likeness (QED) is 0.274. The van der Waals surface area contributed by atoms with Crippen molar-refractivity contribution in [1.82, 2.24) is 10.2 Å². The number of aliphatic imine (C=N–C) groups is 1. The van der Waals surface area contributed by atoms with E-state index in [0.29, 0.717) is 0 Å². The van der Waals surface area contributed by atoms with Gasteiger partial charge in [-0.15, -0.1) is 24.0 Å². The minimum absolute atomic E-state index is 0. The highest BCUT2D eigenvalue weighted by Gasteiger charge is 2.20. The summed E-state index contributed by atoms with van der Waals surface area (Å²) in [7, 11) is 5.54. The van der Waals surface area contributed by atoms with Gasteiger partial charge in [0.1, 0.15) is 5.75 Å². The number of ether oxygens (including phenoxy) is 2. The predicted octanol–water partition coefficient (Wildman–Crippen LogP) is 3.14. The molecule has 1 aromatic carbocycles. The van der Waals surface area contributed by atoms with Gasteiger partial charge in [0.15, 0.2) is 5.96 Å². The minimum atomic E-state index is 0. The van der Waals surface area contributed by atoms with E-state index >= 15 is 0 Å². The average Bonchev–Trinajstić information content (AvgIpc) is 3.39. The summed E-state index contributed by atoms with van der Waals surface area (Å²) in [5, 5.41) is 3.39. The smallest absolute Gasteiger partial charge is 0.193 e. The molecule has 1 N–H and O–H groups in total. The summed E-state index contributed by atoms with van der Waals surface area (Å²) in [6.45, 7) is 3.45. The second-order valence-corrected chi connectivity index (χ2v) is 6.05. The van der Waals surface area contributed by atoms with Gasteiger partial charge in [0.05, 0.1) is 7.11 Å². The SMILES string of the molecule is CN=C(NCCCOCC1CC1)N(C)Cc1ccc(OC)cc1.I. The molecule has 0 heterocycles. The molecule has 1 aliphatic carbocycles. The molecular formula is C18H30IN3O2. The minimum Gasteiger partial charge on any atom is -0.497 e. The van der Waals surface area contributed by atoms with Gasteiger partial charge in [-0.3, -0.25) is 4.99 Å². The lowest BCUT2D eigenvalue weighted by molar-refractivity contribution is 0.122. The van der Waals surface area contributed by atoms with Crippen molar-refractivity contribution >= 4 is 29.9 Å². The molecule has 0 radical (unpaired) electrons. The van der Waals surface area contributed by atoms with E-state index < -0.39 is 0 Å². The van der Waals surface area contributed by atoms with Gasteiger partial charge >= 0.3 is 0 Å². The van der Waals surface area contributed by atoms with Gasteiger partial charge in [0.2, 0.25) is 0 Å². The molecule has 24 heavy (non-hydrogen) atoms. The summed E-state index contributed by atoms with van der Waals surface area (Å²) in [6, 6.07) is 8.12. The van der Waals surface area contributed by atoms with Crippen LogP contribution in [0.5, 0.6) is 5.75 Å². The Morgan fingerprint density at radius 2 is 2.00 bits per heavy atom. The van der Waals surface area contributed by atoms with E-state index in [1.807, 2.05) is 26.2 Å². The van der Waals surface area contributed by atoms with Gasteiger partial charge in [-0.2, -0.15) is 0 Å². The van der Waals surface area contributed by atoms with Crippen molar-refractivity contribution in [3.8, 4) is 5.75 Å². The zero-order chi connectivity index (χ0) is 16.5. The summed E-state index contributed by atoms with van der Waals surface area (Å²) < 4.78 is 10.8. The highest BCUT2D eigenvalue weighted by atomic mass is 127. The monoisotopic (exact) mass is 447 g/mol. The van der Waals surface area contributed by atoms with E-state index in [-0.39, 0.29) is 24.0 Å². The van der Waals surface area contributed by atoms with Crippen LogP contribution < -0.4 is 10.1 Å². The molecule has 136 valence electrons. The van der Waals surface area contributed by atoms with E-state index in [1.165, 1.54) is 18.4 Å². The Bertz CT molecular complexity index is 490. The van der Waals surface area contributed by atoms with E-state index in [1.54, 1.807) is 7.11 Å². The Labute approximate surface area is 162 Å². The maximum atomic E-state index is 5.65. The first kappa shape index (κ1) is 21.0. The third kappa shape index (κ3) is 7.70. The molecule has 0 spiro atoms. The number of halogens is 1. The molecule has 1 aliphatic rings. The molecule has 0 unspecified atom stereocenters. The van der Waals surface area contributed by atoms with Gasteiger partial charge < -0.3 is 19.7 Å². The number of rotatable bonds is 9. The Morgan fingerprint density at radius 1 is 1.29 bits per heavy atom. The van der Waals surface area contributed by atoms with Gasteiger partial charge in [0.25, 0.3) is 0 Å². The van der Waals surface area contributed by atoms with Crippen LogP contribution in [0.15, 0.2) is 29.3 Å². The first-order valence-electron chi connectivity index (χ1n) is 8.35. The van der Waals surface area contributed by atoms with Crippen LogP contribution in [0, 0.1) is 5.92 Å². The number of hydrogen-bond donors (Lipinski definition) is 1. The first-order chi connectivity index (χ1) is 11.2. The molecule has 5 nitrogen and oxygen atoms in total. The summed E-state index contributed by atoms with van der Waals surface area (Å²) in [6.07, 6.45) is 3.70. The van der Waals surface area contributed by atoms with Crippen LogP contribution in [-0.2, 0) is 11.3 Å². The standard InChI is InChI=1S/C18H29N3O2.HI/c1-19-18(20-11-4-12-23-14-16-5-6-16)21(2)13-15-7-9-17(22-3)10-8-15;/h7-10,16H,4-6,11-14H2,1-3H3,(H,19,20);1H. The lowest BCUT2D eigenvalue weighted by Gasteiger charge is -2.22. The Morgan fingerprint density at radius 3 is 2.58 bits per heavy atom. The summed E-state index contributed by atoms with van der Waals surface area (Å²) in [5.74, 6) is 2.62. The van der Waals surface area contributed by atoms with Crippen LogP contribution in [0.4, 0.5) is 0 Å². The fraction of sp³-hybridized carbons (Fsp3) is 0.611. The Kier molecular flexibility index (Phi) is 10.1. The highest BCUT2D eigenvalue weighted by molar-refractivity contribution is 14.0. The molecule has 0 amide bonds. The summed E-state index contributed by atoms with van der Waals surface area (Å²) in [4.78, 5) is 6.46. The average molecular weight is 447 g/mol. The molecule has 0 aliphatic heterocycles. The normalized spacial score (nSPS) is 14.0. The van der Waals surface area contributed by atoms with Crippen LogP contribution in [0.2, 0.25) is 0 Å². The molecule has 0 aromatic heterocycles. The van der Waals surface area contributed by atoms with E-state index in [0.717, 1.165) is 50.4 Å². The Hall–Kier alpha value is -1.02. The number of nitrogens with one attached hydrogen (secondary N) is 1. The second-order valence-electron chi connectivity index (χ2n) is 6.05. The second kappa shape index (κ2) is 11.5. The summed E-state index contributed by atoms with van der Waals surface area (Å²) >= 11 is 0. The van der Waals surface area contributed by atoms with Crippen LogP contribution in [0.3, 0.4) is 0 Å². The van der Waals surface area contributed by atoms with Crippen LogP contribution >= 0.6 is 24.0 Å². The highest BCUT2D eigenvalue weighted by Crippen LogP contribution is 2.28. The van der Waals surface area contributed by atoms with Gasteiger partial charge in [-0.25, -0.2) is 0 Å². The molecule has 0 saturated heterocycles. The maximum absolute atomic E-state index is 5.65. The van der Waals surface area contributed by atoms with Crippen molar-refractivity contribution in [3.05, 3.63) is 29.8 Å². The first-order valence-corrected chi connectivity index (χ1v) is 8.35. The lowest BCUT2D eigenvalue weighted by atomic mass is 10.2. The molecule has 1 fully saturated rings. The van der Waals surface area contributed by atoms with Crippen molar-refractivity contribution < 1.29 is 9.47 Å². The van der Waals surface area contributed by atoms with Crippen LogP contribution in [0.25, 0.3) is 0 Å². The van der Waals surface area contributed by atoms with E-state index in [2.05, 4.69) is 27.3 Å². The molecular weight excluding hydrogens is 417 g/mol. The van der Waals surface area contributed by atoms with E-state index in [9.17, 15) is 0 Å². The third-order valence-corrected chi connectivity index (χ3v) is 3.95. The number of guanidine groups is 1. The van der Waals surface area contributed by atoms with Crippen molar-refractivity contribution in [1.29, 1.82) is 0 Å². The summed E-state index contributed by atoms with van der Waals surface area (Å²) in [5.41, 5.74) is 1.23. The van der Waals surface area contributed by atoms with Crippen molar-refractivity contribution in [2.75, 3.05) is 41.0 Å². The van der Waals surface area contributed by atoms with Crippen LogP contribution in [0.1, 0.15) is 24.8 Å². The molecule has 0 bridgehead atoms. The fourth-order valence-corrected chi connectivity index (χ4v) is 2.37. The molecule has 0 atom stereocenters. The molecule has 6 heteroatoms. The van der Waals surface area contributed by atoms with Crippen molar-refractivity contribution in [3.63, 3.8) is 0 Å². The van der Waals surface area contributed by atoms with Crippen LogP contribution in [-0.4, -0.2) is 51.8 Å². The maximum Gasteiger partial charge on any atom is 0.193 e. The molecule has 1 aromatic rings. The largest absolute Gasteiger partial charge is 0.497 e. The zero-order valence-electron chi connectivity index (χ0n) is 15.0. The fourth-order valence-electron chi connectivity index (χ4n) is 2.37. The van der Waals surface area contributed by atoms with Gasteiger partial charge in [-0.05, 0) is 42.9 Å².